The zero-order chi connectivity index (χ0) is 13.0. The predicted molar refractivity (Wildman–Crippen MR) is 72.0 cm³/mol. The van der Waals surface area contributed by atoms with Crippen LogP contribution in [0.4, 0.5) is 0 Å². The van der Waals surface area contributed by atoms with Crippen LogP contribution in [-0.2, 0) is 17.6 Å². The van der Waals surface area contributed by atoms with Gasteiger partial charge in [-0.05, 0) is 38.2 Å². The summed E-state index contributed by atoms with van der Waals surface area (Å²) >= 11 is 1.66. The van der Waals surface area contributed by atoms with Crippen molar-refractivity contribution in [1.82, 2.24) is 10.6 Å². The molecule has 0 saturated carbocycles. The lowest BCUT2D eigenvalue weighted by atomic mass is 9.96. The molecule has 0 spiro atoms. The van der Waals surface area contributed by atoms with Crippen LogP contribution in [0.15, 0.2) is 5.38 Å². The molecule has 1 aliphatic rings. The molecule has 2 N–H and O–H groups in total. The molecular formula is C13H18N2O2S. The third-order valence-corrected chi connectivity index (χ3v) is 4.18. The lowest BCUT2D eigenvalue weighted by molar-refractivity contribution is -0.120. The van der Waals surface area contributed by atoms with Crippen LogP contribution in [-0.4, -0.2) is 24.9 Å². The molecule has 0 atom stereocenters. The van der Waals surface area contributed by atoms with Gasteiger partial charge < -0.3 is 10.6 Å². The van der Waals surface area contributed by atoms with Gasteiger partial charge in [0.05, 0.1) is 12.1 Å². The Labute approximate surface area is 111 Å². The van der Waals surface area contributed by atoms with E-state index in [0.717, 1.165) is 24.8 Å². The second-order valence-electron chi connectivity index (χ2n) is 4.39. The van der Waals surface area contributed by atoms with Crippen LogP contribution < -0.4 is 10.6 Å². The lowest BCUT2D eigenvalue weighted by Gasteiger charge is -2.12. The first-order valence-electron chi connectivity index (χ1n) is 6.36. The maximum atomic E-state index is 12.0. The van der Waals surface area contributed by atoms with Crippen LogP contribution >= 0.6 is 11.3 Å². The Morgan fingerprint density at radius 1 is 1.28 bits per heavy atom. The van der Waals surface area contributed by atoms with E-state index in [1.165, 1.54) is 16.9 Å². The Kier molecular flexibility index (Phi) is 4.36. The standard InChI is InChI=1S/C13H18N2O2S/c1-2-14-12(16)7-15-13(17)10-8-18-11-6-4-3-5-9(10)11/h8H,2-7H2,1H3,(H,14,16)(H,15,17). The first-order chi connectivity index (χ1) is 8.72. The van der Waals surface area contributed by atoms with E-state index in [-0.39, 0.29) is 18.4 Å². The summed E-state index contributed by atoms with van der Waals surface area (Å²) in [5, 5.41) is 7.25. The number of amides is 2. The van der Waals surface area contributed by atoms with Gasteiger partial charge in [0.25, 0.3) is 5.91 Å². The van der Waals surface area contributed by atoms with Crippen molar-refractivity contribution >= 4 is 23.2 Å². The van der Waals surface area contributed by atoms with Gasteiger partial charge in [0.15, 0.2) is 0 Å². The lowest BCUT2D eigenvalue weighted by Crippen LogP contribution is -2.36. The highest BCUT2D eigenvalue weighted by molar-refractivity contribution is 7.10. The molecule has 0 aromatic carbocycles. The Balaban J connectivity index is 1.97. The summed E-state index contributed by atoms with van der Waals surface area (Å²) in [6, 6.07) is 0. The van der Waals surface area contributed by atoms with Gasteiger partial charge in [-0.2, -0.15) is 0 Å². The fourth-order valence-corrected chi connectivity index (χ4v) is 3.33. The SMILES string of the molecule is CCNC(=O)CNC(=O)c1csc2c1CCCC2. The molecule has 0 saturated heterocycles. The van der Waals surface area contributed by atoms with Crippen molar-refractivity contribution in [2.45, 2.75) is 32.6 Å². The number of rotatable bonds is 4. The minimum Gasteiger partial charge on any atom is -0.355 e. The topological polar surface area (TPSA) is 58.2 Å². The second kappa shape index (κ2) is 6.00. The van der Waals surface area contributed by atoms with Crippen LogP contribution in [0.3, 0.4) is 0 Å². The molecular weight excluding hydrogens is 248 g/mol. The van der Waals surface area contributed by atoms with Gasteiger partial charge in [-0.1, -0.05) is 0 Å². The highest BCUT2D eigenvalue weighted by atomic mass is 32.1. The Morgan fingerprint density at radius 3 is 2.83 bits per heavy atom. The number of hydrogen-bond donors (Lipinski definition) is 2. The molecule has 18 heavy (non-hydrogen) atoms. The molecule has 0 aliphatic heterocycles. The predicted octanol–water partition coefficient (Wildman–Crippen LogP) is 1.49. The maximum absolute atomic E-state index is 12.0. The third-order valence-electron chi connectivity index (χ3n) is 3.09. The molecule has 1 aliphatic carbocycles. The van der Waals surface area contributed by atoms with E-state index in [9.17, 15) is 9.59 Å². The fourth-order valence-electron chi connectivity index (χ4n) is 2.20. The van der Waals surface area contributed by atoms with E-state index in [0.29, 0.717) is 6.54 Å². The maximum Gasteiger partial charge on any atom is 0.252 e. The average Bonchev–Trinajstić information content (AvgIpc) is 2.80. The molecule has 0 unspecified atom stereocenters. The molecule has 2 rings (SSSR count). The summed E-state index contributed by atoms with van der Waals surface area (Å²) in [5.41, 5.74) is 1.96. The van der Waals surface area contributed by atoms with Crippen molar-refractivity contribution in [2.24, 2.45) is 0 Å². The van der Waals surface area contributed by atoms with Gasteiger partial charge >= 0.3 is 0 Å². The van der Waals surface area contributed by atoms with Crippen molar-refractivity contribution in [1.29, 1.82) is 0 Å². The van der Waals surface area contributed by atoms with Crippen LogP contribution in [0.2, 0.25) is 0 Å². The smallest absolute Gasteiger partial charge is 0.252 e. The molecule has 1 aromatic heterocycles. The van der Waals surface area contributed by atoms with Crippen molar-refractivity contribution in [3.05, 3.63) is 21.4 Å². The number of carbonyl (C=O) groups is 2. The van der Waals surface area contributed by atoms with E-state index >= 15 is 0 Å². The summed E-state index contributed by atoms with van der Waals surface area (Å²) < 4.78 is 0. The van der Waals surface area contributed by atoms with Gasteiger partial charge in [0, 0.05) is 16.8 Å². The van der Waals surface area contributed by atoms with Gasteiger partial charge in [-0.3, -0.25) is 9.59 Å². The number of fused-ring (bicyclic) bond motifs is 1. The van der Waals surface area contributed by atoms with Crippen LogP contribution in [0.1, 0.15) is 40.6 Å². The Hall–Kier alpha value is -1.36. The zero-order valence-electron chi connectivity index (χ0n) is 10.5. The molecule has 98 valence electrons. The molecule has 0 bridgehead atoms. The molecule has 2 amide bonds. The molecule has 1 aromatic rings. The minimum absolute atomic E-state index is 0.0529. The average molecular weight is 266 g/mol. The summed E-state index contributed by atoms with van der Waals surface area (Å²) in [5.74, 6) is -0.268. The largest absolute Gasteiger partial charge is 0.355 e. The first-order valence-corrected chi connectivity index (χ1v) is 7.24. The van der Waals surface area contributed by atoms with E-state index in [4.69, 9.17) is 0 Å². The van der Waals surface area contributed by atoms with Crippen LogP contribution in [0.25, 0.3) is 0 Å². The molecule has 0 fully saturated rings. The summed E-state index contributed by atoms with van der Waals surface area (Å²) in [7, 11) is 0. The third kappa shape index (κ3) is 2.90. The highest BCUT2D eigenvalue weighted by Gasteiger charge is 2.20. The zero-order valence-corrected chi connectivity index (χ0v) is 11.4. The van der Waals surface area contributed by atoms with E-state index in [1.807, 2.05) is 12.3 Å². The van der Waals surface area contributed by atoms with Crippen LogP contribution in [0.5, 0.6) is 0 Å². The van der Waals surface area contributed by atoms with Gasteiger partial charge in [0.1, 0.15) is 0 Å². The quantitative estimate of drug-likeness (QED) is 0.867. The first kappa shape index (κ1) is 13.1. The van der Waals surface area contributed by atoms with Crippen molar-refractivity contribution < 1.29 is 9.59 Å². The van der Waals surface area contributed by atoms with Gasteiger partial charge in [0.2, 0.25) is 5.91 Å². The summed E-state index contributed by atoms with van der Waals surface area (Å²) in [4.78, 5) is 24.6. The number of aryl methyl sites for hydroxylation is 1. The molecule has 1 heterocycles. The second-order valence-corrected chi connectivity index (χ2v) is 5.36. The number of thiophene rings is 1. The fraction of sp³-hybridized carbons (Fsp3) is 0.538. The highest BCUT2D eigenvalue weighted by Crippen LogP contribution is 2.29. The van der Waals surface area contributed by atoms with E-state index in [2.05, 4.69) is 10.6 Å². The van der Waals surface area contributed by atoms with Crippen molar-refractivity contribution in [2.75, 3.05) is 13.1 Å². The summed E-state index contributed by atoms with van der Waals surface area (Å²) in [6.07, 6.45) is 4.44. The number of hydrogen-bond acceptors (Lipinski definition) is 3. The number of likely N-dealkylation sites (N-methyl/N-ethyl adjacent to an activating group) is 1. The van der Waals surface area contributed by atoms with Crippen molar-refractivity contribution in [3.8, 4) is 0 Å². The molecule has 5 heteroatoms. The normalized spacial score (nSPS) is 13.8. The molecule has 4 nitrogen and oxygen atoms in total. The van der Waals surface area contributed by atoms with E-state index < -0.39 is 0 Å². The molecule has 0 radical (unpaired) electrons. The van der Waals surface area contributed by atoms with Gasteiger partial charge in [-0.15, -0.1) is 11.3 Å². The monoisotopic (exact) mass is 266 g/mol. The van der Waals surface area contributed by atoms with Crippen LogP contribution in [0, 0.1) is 0 Å². The Bertz CT molecular complexity index is 454. The number of carbonyl (C=O) groups excluding carboxylic acids is 2. The van der Waals surface area contributed by atoms with E-state index in [1.54, 1.807) is 11.3 Å². The number of nitrogens with one attached hydrogen (secondary N) is 2. The van der Waals surface area contributed by atoms with Gasteiger partial charge in [-0.25, -0.2) is 0 Å². The Morgan fingerprint density at radius 2 is 2.06 bits per heavy atom. The van der Waals surface area contributed by atoms with Crippen molar-refractivity contribution in [3.63, 3.8) is 0 Å². The summed E-state index contributed by atoms with van der Waals surface area (Å²) in [6.45, 7) is 2.49. The minimum atomic E-state index is -0.144.